The third-order valence-corrected chi connectivity index (χ3v) is 4.84. The molecular formula is C18H35N7O. The zero-order valence-electron chi connectivity index (χ0n) is 16.7. The first kappa shape index (κ1) is 20.6. The molecule has 2 N–H and O–H groups in total. The van der Waals surface area contributed by atoms with E-state index in [-0.39, 0.29) is 0 Å². The molecule has 0 aromatic carbocycles. The van der Waals surface area contributed by atoms with Crippen LogP contribution in [0.3, 0.4) is 0 Å². The Balaban J connectivity index is 1.87. The fourth-order valence-corrected chi connectivity index (χ4v) is 2.88. The van der Waals surface area contributed by atoms with E-state index in [1.165, 1.54) is 0 Å². The number of rotatable bonds is 9. The number of nitrogens with one attached hydrogen (secondary N) is 2. The number of hydrogen-bond acceptors (Lipinski definition) is 5. The molecule has 26 heavy (non-hydrogen) atoms. The van der Waals surface area contributed by atoms with Crippen molar-refractivity contribution < 1.29 is 4.74 Å². The van der Waals surface area contributed by atoms with Gasteiger partial charge >= 0.3 is 0 Å². The molecule has 148 valence electrons. The maximum Gasteiger partial charge on any atom is 0.191 e. The predicted molar refractivity (Wildman–Crippen MR) is 104 cm³/mol. The summed E-state index contributed by atoms with van der Waals surface area (Å²) < 4.78 is 7.52. The highest BCUT2D eigenvalue weighted by Gasteiger charge is 2.16. The maximum absolute atomic E-state index is 5.44. The molecule has 8 nitrogen and oxygen atoms in total. The Morgan fingerprint density at radius 3 is 2.77 bits per heavy atom. The van der Waals surface area contributed by atoms with Crippen LogP contribution >= 0.6 is 0 Å². The van der Waals surface area contributed by atoms with Crippen molar-refractivity contribution in [2.24, 2.45) is 4.99 Å². The highest BCUT2D eigenvalue weighted by Crippen LogP contribution is 2.04. The average Bonchev–Trinajstić information content (AvgIpc) is 3.13. The standard InChI is InChI=1S/C18H35N7O/c1-5-15(3)22-18(19-7-8-25-14-21-23-17(25)6-2)20-13-16(4)24-9-11-26-12-10-24/h14-16H,5-13H2,1-4H3,(H2,19,20,22). The Labute approximate surface area is 157 Å². The SMILES string of the molecule is CCc1nncn1CCNC(=NCC(C)N1CCOCC1)NC(C)CC. The van der Waals surface area contributed by atoms with Crippen LogP contribution in [-0.2, 0) is 17.7 Å². The van der Waals surface area contributed by atoms with E-state index < -0.39 is 0 Å². The molecule has 0 bridgehead atoms. The number of aromatic nitrogens is 3. The number of morpholine rings is 1. The minimum atomic E-state index is 0.390. The molecular weight excluding hydrogens is 330 g/mol. The third kappa shape index (κ3) is 6.57. The van der Waals surface area contributed by atoms with Gasteiger partial charge in [-0.1, -0.05) is 13.8 Å². The number of hydrogen-bond donors (Lipinski definition) is 2. The van der Waals surface area contributed by atoms with Crippen molar-refractivity contribution in [1.82, 2.24) is 30.3 Å². The van der Waals surface area contributed by atoms with Crippen LogP contribution in [0.1, 0.15) is 39.9 Å². The molecule has 1 aromatic rings. The van der Waals surface area contributed by atoms with E-state index in [9.17, 15) is 0 Å². The molecule has 0 amide bonds. The fourth-order valence-electron chi connectivity index (χ4n) is 2.88. The minimum Gasteiger partial charge on any atom is -0.379 e. The summed E-state index contributed by atoms with van der Waals surface area (Å²) in [6.07, 6.45) is 3.74. The van der Waals surface area contributed by atoms with Gasteiger partial charge < -0.3 is 19.9 Å². The van der Waals surface area contributed by atoms with Crippen molar-refractivity contribution in [3.63, 3.8) is 0 Å². The van der Waals surface area contributed by atoms with Crippen LogP contribution in [0.2, 0.25) is 0 Å². The molecule has 1 aliphatic rings. The second-order valence-corrected chi connectivity index (χ2v) is 6.86. The molecule has 2 heterocycles. The van der Waals surface area contributed by atoms with E-state index >= 15 is 0 Å². The second kappa shape index (κ2) is 11.1. The summed E-state index contributed by atoms with van der Waals surface area (Å²) in [5.74, 6) is 1.90. The highest BCUT2D eigenvalue weighted by molar-refractivity contribution is 5.80. The molecule has 2 unspecified atom stereocenters. The number of ether oxygens (including phenoxy) is 1. The zero-order chi connectivity index (χ0) is 18.8. The smallest absolute Gasteiger partial charge is 0.191 e. The van der Waals surface area contributed by atoms with Crippen LogP contribution in [0.5, 0.6) is 0 Å². The first-order valence-electron chi connectivity index (χ1n) is 9.87. The zero-order valence-corrected chi connectivity index (χ0v) is 16.7. The van der Waals surface area contributed by atoms with Crippen LogP contribution in [0.25, 0.3) is 0 Å². The van der Waals surface area contributed by atoms with Gasteiger partial charge in [0.15, 0.2) is 5.96 Å². The lowest BCUT2D eigenvalue weighted by molar-refractivity contribution is 0.0220. The topological polar surface area (TPSA) is 79.6 Å². The van der Waals surface area contributed by atoms with E-state index in [4.69, 9.17) is 9.73 Å². The summed E-state index contributed by atoms with van der Waals surface area (Å²) in [6.45, 7) is 14.7. The first-order chi connectivity index (χ1) is 12.6. The van der Waals surface area contributed by atoms with E-state index in [1.807, 2.05) is 0 Å². The van der Waals surface area contributed by atoms with Gasteiger partial charge in [0, 0.05) is 44.7 Å². The summed E-state index contributed by atoms with van der Waals surface area (Å²) in [4.78, 5) is 7.26. The molecule has 2 atom stereocenters. The molecule has 0 saturated carbocycles. The van der Waals surface area contributed by atoms with Crippen molar-refractivity contribution >= 4 is 5.96 Å². The van der Waals surface area contributed by atoms with Crippen molar-refractivity contribution in [2.75, 3.05) is 39.4 Å². The van der Waals surface area contributed by atoms with Crippen LogP contribution < -0.4 is 10.6 Å². The molecule has 8 heteroatoms. The van der Waals surface area contributed by atoms with Gasteiger partial charge in [-0.05, 0) is 20.3 Å². The van der Waals surface area contributed by atoms with Gasteiger partial charge in [-0.2, -0.15) is 0 Å². The summed E-state index contributed by atoms with van der Waals surface area (Å²) in [7, 11) is 0. The van der Waals surface area contributed by atoms with Gasteiger partial charge in [0.1, 0.15) is 12.2 Å². The van der Waals surface area contributed by atoms with Crippen molar-refractivity contribution in [2.45, 2.75) is 59.2 Å². The third-order valence-electron chi connectivity index (χ3n) is 4.84. The van der Waals surface area contributed by atoms with Crippen LogP contribution in [0.15, 0.2) is 11.3 Å². The summed E-state index contributed by atoms with van der Waals surface area (Å²) >= 11 is 0. The lowest BCUT2D eigenvalue weighted by Crippen LogP contribution is -2.46. The molecule has 1 aliphatic heterocycles. The van der Waals surface area contributed by atoms with Gasteiger partial charge in [0.25, 0.3) is 0 Å². The quantitative estimate of drug-likeness (QED) is 0.500. The summed E-state index contributed by atoms with van der Waals surface area (Å²) in [5.41, 5.74) is 0. The van der Waals surface area contributed by atoms with Crippen LogP contribution in [0, 0.1) is 0 Å². The Bertz CT molecular complexity index is 539. The van der Waals surface area contributed by atoms with E-state index in [0.717, 1.165) is 70.6 Å². The number of aryl methyl sites for hydroxylation is 1. The molecule has 0 radical (unpaired) electrons. The Morgan fingerprint density at radius 2 is 2.08 bits per heavy atom. The normalized spacial score (nSPS) is 18.5. The Hall–Kier alpha value is -1.67. The molecule has 1 aromatic heterocycles. The molecule has 1 fully saturated rings. The lowest BCUT2D eigenvalue weighted by Gasteiger charge is -2.31. The van der Waals surface area contributed by atoms with Gasteiger partial charge in [-0.25, -0.2) is 0 Å². The maximum atomic E-state index is 5.44. The minimum absolute atomic E-state index is 0.390. The number of guanidine groups is 1. The molecule has 0 aliphatic carbocycles. The van der Waals surface area contributed by atoms with Gasteiger partial charge in [0.05, 0.1) is 19.8 Å². The molecule has 0 spiro atoms. The summed E-state index contributed by atoms with van der Waals surface area (Å²) in [6, 6.07) is 0.806. The Kier molecular flexibility index (Phi) is 8.84. The van der Waals surface area contributed by atoms with Gasteiger partial charge in [-0.15, -0.1) is 10.2 Å². The summed E-state index contributed by atoms with van der Waals surface area (Å²) in [5, 5.41) is 15.1. The van der Waals surface area contributed by atoms with Crippen molar-refractivity contribution in [3.8, 4) is 0 Å². The first-order valence-corrected chi connectivity index (χ1v) is 9.87. The fraction of sp³-hybridized carbons (Fsp3) is 0.833. The number of nitrogens with zero attached hydrogens (tertiary/aromatic N) is 5. The van der Waals surface area contributed by atoms with Gasteiger partial charge in [-0.3, -0.25) is 9.89 Å². The van der Waals surface area contributed by atoms with Crippen LogP contribution in [-0.4, -0.2) is 77.1 Å². The lowest BCUT2D eigenvalue weighted by atomic mass is 10.2. The van der Waals surface area contributed by atoms with E-state index in [2.05, 4.69) is 58.0 Å². The van der Waals surface area contributed by atoms with E-state index in [1.54, 1.807) is 6.33 Å². The highest BCUT2D eigenvalue weighted by atomic mass is 16.5. The number of aliphatic imine (C=N–C) groups is 1. The Morgan fingerprint density at radius 1 is 1.31 bits per heavy atom. The molecule has 2 rings (SSSR count). The van der Waals surface area contributed by atoms with Gasteiger partial charge in [0.2, 0.25) is 0 Å². The van der Waals surface area contributed by atoms with Crippen LogP contribution in [0.4, 0.5) is 0 Å². The monoisotopic (exact) mass is 365 g/mol. The van der Waals surface area contributed by atoms with Crippen molar-refractivity contribution in [1.29, 1.82) is 0 Å². The molecule has 1 saturated heterocycles. The second-order valence-electron chi connectivity index (χ2n) is 6.86. The van der Waals surface area contributed by atoms with Crippen molar-refractivity contribution in [3.05, 3.63) is 12.2 Å². The predicted octanol–water partition coefficient (Wildman–Crippen LogP) is 0.895. The van der Waals surface area contributed by atoms with E-state index in [0.29, 0.717) is 12.1 Å². The largest absolute Gasteiger partial charge is 0.379 e. The average molecular weight is 366 g/mol.